The molecule has 1 N–H and O–H groups in total. The van der Waals surface area contributed by atoms with Crippen LogP contribution in [0.2, 0.25) is 0 Å². The molecule has 9 heteroatoms. The fourth-order valence-electron chi connectivity index (χ4n) is 4.40. The Morgan fingerprint density at radius 3 is 2.62 bits per heavy atom. The number of hydrogen-bond acceptors (Lipinski definition) is 7. The van der Waals surface area contributed by atoms with Crippen LogP contribution in [0.1, 0.15) is 30.1 Å². The number of anilines is 1. The van der Waals surface area contributed by atoms with E-state index in [0.717, 1.165) is 54.1 Å². The van der Waals surface area contributed by atoms with Crippen LogP contribution in [0.15, 0.2) is 53.7 Å². The molecule has 8 nitrogen and oxygen atoms in total. The van der Waals surface area contributed by atoms with E-state index >= 15 is 0 Å². The second kappa shape index (κ2) is 10.5. The monoisotopic (exact) mass is 479 g/mol. The van der Waals surface area contributed by atoms with Gasteiger partial charge in [0.15, 0.2) is 16.7 Å². The van der Waals surface area contributed by atoms with Crippen LogP contribution in [0, 0.1) is 0 Å². The van der Waals surface area contributed by atoms with Crippen molar-refractivity contribution in [2.24, 2.45) is 7.05 Å². The molecule has 1 amide bonds. The molecule has 0 spiro atoms. The molecule has 3 aromatic rings. The Morgan fingerprint density at radius 2 is 1.82 bits per heavy atom. The Balaban J connectivity index is 1.10. The molecule has 2 aliphatic heterocycles. The number of fused-ring (bicyclic) bond motifs is 1. The Kier molecular flexibility index (Phi) is 7.01. The molecule has 34 heavy (non-hydrogen) atoms. The quantitative estimate of drug-likeness (QED) is 0.518. The van der Waals surface area contributed by atoms with E-state index in [0.29, 0.717) is 31.4 Å². The largest absolute Gasteiger partial charge is 0.486 e. The fraction of sp³-hybridized carbons (Fsp3) is 0.400. The van der Waals surface area contributed by atoms with Gasteiger partial charge < -0.3 is 19.4 Å². The Bertz CT molecular complexity index is 1130. The highest BCUT2D eigenvalue weighted by Crippen LogP contribution is 2.33. The second-order valence-electron chi connectivity index (χ2n) is 8.63. The zero-order valence-electron chi connectivity index (χ0n) is 19.3. The summed E-state index contributed by atoms with van der Waals surface area (Å²) >= 11 is 1.71. The van der Waals surface area contributed by atoms with E-state index in [1.807, 2.05) is 24.3 Å². The van der Waals surface area contributed by atoms with Crippen molar-refractivity contribution in [1.29, 1.82) is 0 Å². The van der Waals surface area contributed by atoms with Crippen molar-refractivity contribution in [3.05, 3.63) is 59.9 Å². The number of carbonyl (C=O) groups is 1. The van der Waals surface area contributed by atoms with Crippen molar-refractivity contribution in [1.82, 2.24) is 19.7 Å². The van der Waals surface area contributed by atoms with E-state index < -0.39 is 0 Å². The van der Waals surface area contributed by atoms with Gasteiger partial charge in [0.1, 0.15) is 19.0 Å². The van der Waals surface area contributed by atoms with Gasteiger partial charge in [0.05, 0.1) is 6.54 Å². The molecule has 0 unspecified atom stereocenters. The van der Waals surface area contributed by atoms with Gasteiger partial charge in [-0.1, -0.05) is 42.1 Å². The van der Waals surface area contributed by atoms with Gasteiger partial charge in [-0.2, -0.15) is 0 Å². The number of piperidine rings is 1. The first kappa shape index (κ1) is 22.7. The number of amides is 1. The smallest absolute Gasteiger partial charge is 0.238 e. The van der Waals surface area contributed by atoms with Gasteiger partial charge in [0, 0.05) is 30.5 Å². The number of thioether (sulfide) groups is 1. The molecule has 1 saturated heterocycles. The summed E-state index contributed by atoms with van der Waals surface area (Å²) in [5, 5.41) is 12.9. The molecule has 0 aliphatic carbocycles. The van der Waals surface area contributed by atoms with Crippen molar-refractivity contribution in [2.45, 2.75) is 29.7 Å². The Morgan fingerprint density at radius 1 is 1.06 bits per heavy atom. The second-order valence-corrected chi connectivity index (χ2v) is 9.57. The average Bonchev–Trinajstić information content (AvgIpc) is 3.24. The number of nitrogens with zero attached hydrogens (tertiary/aromatic N) is 4. The maximum Gasteiger partial charge on any atom is 0.238 e. The number of nitrogens with one attached hydrogen (secondary N) is 1. The molecular weight excluding hydrogens is 450 g/mol. The van der Waals surface area contributed by atoms with E-state index in [-0.39, 0.29) is 5.91 Å². The minimum absolute atomic E-state index is 0.0200. The van der Waals surface area contributed by atoms with Crippen LogP contribution in [-0.4, -0.2) is 58.4 Å². The summed E-state index contributed by atoms with van der Waals surface area (Å²) in [6, 6.07) is 15.9. The predicted octanol–water partition coefficient (Wildman–Crippen LogP) is 3.70. The highest BCUT2D eigenvalue weighted by molar-refractivity contribution is 7.98. The SMILES string of the molecule is Cn1c(SCc2ccccc2)nnc1C1CCN(CC(=O)Nc2ccc3c(c2)OCCO3)CC1. The van der Waals surface area contributed by atoms with Crippen LogP contribution in [0.4, 0.5) is 5.69 Å². The van der Waals surface area contributed by atoms with Gasteiger partial charge in [-0.15, -0.1) is 10.2 Å². The fourth-order valence-corrected chi connectivity index (χ4v) is 5.28. The van der Waals surface area contributed by atoms with Crippen LogP contribution in [-0.2, 0) is 17.6 Å². The standard InChI is InChI=1S/C25H29N5O3S/c1-29-24(27-28-25(29)34-17-18-5-3-2-4-6-18)19-9-11-30(12-10-19)16-23(31)26-20-7-8-21-22(15-20)33-14-13-32-21/h2-8,15,19H,9-14,16-17H2,1H3,(H,26,31). The van der Waals surface area contributed by atoms with E-state index in [1.54, 1.807) is 11.8 Å². The number of hydrogen-bond donors (Lipinski definition) is 1. The number of carbonyl (C=O) groups excluding carboxylic acids is 1. The first-order valence-electron chi connectivity index (χ1n) is 11.6. The summed E-state index contributed by atoms with van der Waals surface area (Å²) in [5.74, 6) is 3.65. The third-order valence-corrected chi connectivity index (χ3v) is 7.32. The topological polar surface area (TPSA) is 81.5 Å². The maximum absolute atomic E-state index is 12.6. The van der Waals surface area contributed by atoms with Crippen LogP contribution >= 0.6 is 11.8 Å². The highest BCUT2D eigenvalue weighted by atomic mass is 32.2. The van der Waals surface area contributed by atoms with Crippen molar-refractivity contribution < 1.29 is 14.3 Å². The highest BCUT2D eigenvalue weighted by Gasteiger charge is 2.26. The number of rotatable bonds is 7. The lowest BCUT2D eigenvalue weighted by atomic mass is 9.96. The van der Waals surface area contributed by atoms with Crippen molar-refractivity contribution in [2.75, 3.05) is 38.2 Å². The summed E-state index contributed by atoms with van der Waals surface area (Å²) in [7, 11) is 2.05. The lowest BCUT2D eigenvalue weighted by Crippen LogP contribution is -2.39. The van der Waals surface area contributed by atoms with E-state index in [9.17, 15) is 4.79 Å². The average molecular weight is 480 g/mol. The van der Waals surface area contributed by atoms with Crippen molar-refractivity contribution in [3.63, 3.8) is 0 Å². The minimum atomic E-state index is -0.0200. The molecule has 5 rings (SSSR count). The van der Waals surface area contributed by atoms with Crippen molar-refractivity contribution in [3.8, 4) is 11.5 Å². The van der Waals surface area contributed by atoms with E-state index in [1.165, 1.54) is 5.56 Å². The molecule has 0 radical (unpaired) electrons. The molecule has 1 aromatic heterocycles. The first-order valence-corrected chi connectivity index (χ1v) is 12.6. The maximum atomic E-state index is 12.6. The normalized spacial score (nSPS) is 16.4. The van der Waals surface area contributed by atoms with Crippen LogP contribution < -0.4 is 14.8 Å². The van der Waals surface area contributed by atoms with Crippen LogP contribution in [0.3, 0.4) is 0 Å². The predicted molar refractivity (Wildman–Crippen MR) is 131 cm³/mol. The zero-order chi connectivity index (χ0) is 23.3. The third kappa shape index (κ3) is 5.37. The third-order valence-electron chi connectivity index (χ3n) is 6.23. The Labute approximate surface area is 203 Å². The van der Waals surface area contributed by atoms with Crippen LogP contribution in [0.5, 0.6) is 11.5 Å². The molecule has 2 aliphatic rings. The molecule has 0 bridgehead atoms. The van der Waals surface area contributed by atoms with E-state index in [4.69, 9.17) is 9.47 Å². The summed E-state index contributed by atoms with van der Waals surface area (Å²) < 4.78 is 13.3. The molecule has 178 valence electrons. The molecule has 1 fully saturated rings. The van der Waals surface area contributed by atoms with Gasteiger partial charge in [-0.05, 0) is 43.6 Å². The van der Waals surface area contributed by atoms with Crippen molar-refractivity contribution >= 4 is 23.4 Å². The lowest BCUT2D eigenvalue weighted by Gasteiger charge is -2.30. The summed E-state index contributed by atoms with van der Waals surface area (Å²) in [4.78, 5) is 14.8. The number of ether oxygens (including phenoxy) is 2. The minimum Gasteiger partial charge on any atom is -0.486 e. The summed E-state index contributed by atoms with van der Waals surface area (Å²) in [6.07, 6.45) is 1.93. The lowest BCUT2D eigenvalue weighted by molar-refractivity contribution is -0.117. The van der Waals surface area contributed by atoms with Gasteiger partial charge in [0.25, 0.3) is 0 Å². The summed E-state index contributed by atoms with van der Waals surface area (Å²) in [6.45, 7) is 3.17. The van der Waals surface area contributed by atoms with Gasteiger partial charge in [-0.3, -0.25) is 9.69 Å². The Hall–Kier alpha value is -3.04. The molecule has 3 heterocycles. The zero-order valence-corrected chi connectivity index (χ0v) is 20.1. The van der Waals surface area contributed by atoms with E-state index in [2.05, 4.69) is 56.3 Å². The molecule has 0 atom stereocenters. The molecular formula is C25H29N5O3S. The van der Waals surface area contributed by atoms with Crippen LogP contribution in [0.25, 0.3) is 0 Å². The first-order chi connectivity index (χ1) is 16.7. The summed E-state index contributed by atoms with van der Waals surface area (Å²) in [5.41, 5.74) is 2.00. The van der Waals surface area contributed by atoms with Gasteiger partial charge in [-0.25, -0.2) is 0 Å². The van der Waals surface area contributed by atoms with Gasteiger partial charge >= 0.3 is 0 Å². The molecule has 0 saturated carbocycles. The number of benzene rings is 2. The number of likely N-dealkylation sites (tertiary alicyclic amines) is 1. The van der Waals surface area contributed by atoms with Gasteiger partial charge in [0.2, 0.25) is 5.91 Å². The number of aromatic nitrogens is 3. The molecule has 2 aromatic carbocycles.